The van der Waals surface area contributed by atoms with Gasteiger partial charge in [0.15, 0.2) is 0 Å². The lowest BCUT2D eigenvalue weighted by atomic mass is 9.91. The van der Waals surface area contributed by atoms with Crippen LogP contribution in [-0.2, 0) is 4.79 Å². The Bertz CT molecular complexity index is 1100. The zero-order valence-corrected chi connectivity index (χ0v) is 15.7. The first-order chi connectivity index (χ1) is 13.6. The van der Waals surface area contributed by atoms with Crippen molar-refractivity contribution in [1.82, 2.24) is 0 Å². The van der Waals surface area contributed by atoms with E-state index in [2.05, 4.69) is 0 Å². The fraction of sp³-hybridized carbons (Fsp3) is 0.0833. The SMILES string of the molecule is COc1cccc(/C=C2\C(=O)N(c3ccc(C)cc3)C(=O)c3ccccc32)c1. The summed E-state index contributed by atoms with van der Waals surface area (Å²) in [7, 11) is 1.60. The summed E-state index contributed by atoms with van der Waals surface area (Å²) in [6, 6.07) is 22.0. The maximum atomic E-state index is 13.3. The van der Waals surface area contributed by atoms with Gasteiger partial charge in [0.1, 0.15) is 5.75 Å². The molecular formula is C24H19NO3. The minimum absolute atomic E-state index is 0.313. The minimum Gasteiger partial charge on any atom is -0.497 e. The number of benzene rings is 3. The van der Waals surface area contributed by atoms with Gasteiger partial charge in [0.25, 0.3) is 11.8 Å². The summed E-state index contributed by atoms with van der Waals surface area (Å²) in [5.74, 6) is 0.0555. The Labute approximate surface area is 163 Å². The van der Waals surface area contributed by atoms with E-state index in [9.17, 15) is 9.59 Å². The largest absolute Gasteiger partial charge is 0.497 e. The number of aryl methyl sites for hydroxylation is 1. The smallest absolute Gasteiger partial charge is 0.265 e. The summed E-state index contributed by atoms with van der Waals surface area (Å²) in [6.07, 6.45) is 1.80. The Hall–Kier alpha value is -3.66. The van der Waals surface area contributed by atoms with Gasteiger partial charge in [-0.15, -0.1) is 0 Å². The van der Waals surface area contributed by atoms with E-state index < -0.39 is 0 Å². The average Bonchev–Trinajstić information content (AvgIpc) is 2.73. The van der Waals surface area contributed by atoms with Gasteiger partial charge < -0.3 is 4.74 Å². The van der Waals surface area contributed by atoms with Crippen molar-refractivity contribution in [3.8, 4) is 5.75 Å². The number of nitrogens with zero attached hydrogens (tertiary/aromatic N) is 1. The molecule has 0 radical (unpaired) electrons. The second kappa shape index (κ2) is 7.16. The molecule has 0 aromatic heterocycles. The molecule has 0 bridgehead atoms. The van der Waals surface area contributed by atoms with E-state index in [0.717, 1.165) is 11.1 Å². The maximum absolute atomic E-state index is 13.3. The van der Waals surface area contributed by atoms with Crippen molar-refractivity contribution < 1.29 is 14.3 Å². The molecule has 138 valence electrons. The molecular weight excluding hydrogens is 350 g/mol. The molecule has 0 saturated carbocycles. The third kappa shape index (κ3) is 3.09. The van der Waals surface area contributed by atoms with Crippen LogP contribution in [0.2, 0.25) is 0 Å². The number of ether oxygens (including phenoxy) is 1. The topological polar surface area (TPSA) is 46.6 Å². The van der Waals surface area contributed by atoms with Crippen molar-refractivity contribution in [2.75, 3.05) is 12.0 Å². The van der Waals surface area contributed by atoms with Gasteiger partial charge in [-0.2, -0.15) is 0 Å². The first-order valence-corrected chi connectivity index (χ1v) is 8.99. The summed E-state index contributed by atoms with van der Waals surface area (Å²) >= 11 is 0. The lowest BCUT2D eigenvalue weighted by Gasteiger charge is -2.28. The maximum Gasteiger partial charge on any atom is 0.265 e. The molecule has 2 amide bonds. The van der Waals surface area contributed by atoms with Crippen LogP contribution in [0.25, 0.3) is 11.6 Å². The Morgan fingerprint density at radius 3 is 2.25 bits per heavy atom. The van der Waals surface area contributed by atoms with Crippen LogP contribution in [-0.4, -0.2) is 18.9 Å². The molecule has 1 aliphatic rings. The third-order valence-corrected chi connectivity index (χ3v) is 4.78. The van der Waals surface area contributed by atoms with Crippen LogP contribution in [0.3, 0.4) is 0 Å². The van der Waals surface area contributed by atoms with E-state index in [-0.39, 0.29) is 11.8 Å². The third-order valence-electron chi connectivity index (χ3n) is 4.78. The summed E-state index contributed by atoms with van der Waals surface area (Å²) < 4.78 is 5.28. The number of carbonyl (C=O) groups is 2. The molecule has 28 heavy (non-hydrogen) atoms. The van der Waals surface area contributed by atoms with Crippen molar-refractivity contribution >= 4 is 29.2 Å². The highest BCUT2D eigenvalue weighted by molar-refractivity contribution is 6.43. The van der Waals surface area contributed by atoms with E-state index in [0.29, 0.717) is 28.1 Å². The van der Waals surface area contributed by atoms with Crippen LogP contribution in [0.1, 0.15) is 27.0 Å². The first-order valence-electron chi connectivity index (χ1n) is 8.99. The molecule has 0 spiro atoms. The molecule has 4 rings (SSSR count). The summed E-state index contributed by atoms with van der Waals surface area (Å²) in [6.45, 7) is 1.97. The monoisotopic (exact) mass is 369 g/mol. The van der Waals surface area contributed by atoms with Crippen molar-refractivity contribution in [3.63, 3.8) is 0 Å². The number of anilines is 1. The average molecular weight is 369 g/mol. The zero-order chi connectivity index (χ0) is 19.7. The molecule has 0 saturated heterocycles. The van der Waals surface area contributed by atoms with Gasteiger partial charge in [-0.05, 0) is 54.5 Å². The molecule has 1 aliphatic heterocycles. The lowest BCUT2D eigenvalue weighted by Crippen LogP contribution is -2.41. The molecule has 1 heterocycles. The number of hydrogen-bond acceptors (Lipinski definition) is 3. The standard InChI is InChI=1S/C24H19NO3/c1-16-10-12-18(13-11-16)25-23(26)21-9-4-3-8-20(21)22(24(25)27)15-17-6-5-7-19(14-17)28-2/h3-15H,1-2H3/b22-15-. The fourth-order valence-electron chi connectivity index (χ4n) is 3.32. The van der Waals surface area contributed by atoms with Gasteiger partial charge in [-0.3, -0.25) is 9.59 Å². The van der Waals surface area contributed by atoms with Crippen molar-refractivity contribution in [3.05, 3.63) is 95.1 Å². The second-order valence-electron chi connectivity index (χ2n) is 6.66. The molecule has 0 atom stereocenters. The second-order valence-corrected chi connectivity index (χ2v) is 6.66. The quantitative estimate of drug-likeness (QED) is 0.495. The Morgan fingerprint density at radius 1 is 0.821 bits per heavy atom. The van der Waals surface area contributed by atoms with Crippen LogP contribution in [0.4, 0.5) is 5.69 Å². The van der Waals surface area contributed by atoms with Crippen molar-refractivity contribution in [1.29, 1.82) is 0 Å². The number of imide groups is 1. The Kier molecular flexibility index (Phi) is 4.53. The van der Waals surface area contributed by atoms with E-state index in [1.165, 1.54) is 4.90 Å². The van der Waals surface area contributed by atoms with Crippen LogP contribution in [0, 0.1) is 6.92 Å². The highest BCUT2D eigenvalue weighted by Gasteiger charge is 2.35. The van der Waals surface area contributed by atoms with Crippen LogP contribution >= 0.6 is 0 Å². The number of rotatable bonds is 3. The van der Waals surface area contributed by atoms with Gasteiger partial charge in [0.05, 0.1) is 12.8 Å². The molecule has 0 N–H and O–H groups in total. The number of carbonyl (C=O) groups excluding carboxylic acids is 2. The van der Waals surface area contributed by atoms with Crippen LogP contribution in [0.5, 0.6) is 5.75 Å². The van der Waals surface area contributed by atoms with Gasteiger partial charge >= 0.3 is 0 Å². The Morgan fingerprint density at radius 2 is 1.54 bits per heavy atom. The summed E-state index contributed by atoms with van der Waals surface area (Å²) in [5.41, 5.74) is 4.08. The summed E-state index contributed by atoms with van der Waals surface area (Å²) in [4.78, 5) is 27.7. The number of fused-ring (bicyclic) bond motifs is 1. The van der Waals surface area contributed by atoms with Gasteiger partial charge in [-0.1, -0.05) is 48.0 Å². The molecule has 4 nitrogen and oxygen atoms in total. The van der Waals surface area contributed by atoms with Gasteiger partial charge in [0.2, 0.25) is 0 Å². The van der Waals surface area contributed by atoms with E-state index in [1.807, 2.05) is 61.5 Å². The molecule has 0 fully saturated rings. The molecule has 0 aliphatic carbocycles. The van der Waals surface area contributed by atoms with Crippen molar-refractivity contribution in [2.45, 2.75) is 6.92 Å². The normalized spacial score (nSPS) is 14.9. The highest BCUT2D eigenvalue weighted by atomic mass is 16.5. The lowest BCUT2D eigenvalue weighted by molar-refractivity contribution is -0.112. The molecule has 0 unspecified atom stereocenters. The molecule has 3 aromatic rings. The number of hydrogen-bond donors (Lipinski definition) is 0. The van der Waals surface area contributed by atoms with Gasteiger partial charge in [-0.25, -0.2) is 4.90 Å². The van der Waals surface area contributed by atoms with Crippen LogP contribution in [0.15, 0.2) is 72.8 Å². The highest BCUT2D eigenvalue weighted by Crippen LogP contribution is 2.33. The van der Waals surface area contributed by atoms with Crippen LogP contribution < -0.4 is 9.64 Å². The molecule has 3 aromatic carbocycles. The number of methoxy groups -OCH3 is 1. The Balaban J connectivity index is 1.88. The van der Waals surface area contributed by atoms with E-state index in [1.54, 1.807) is 31.4 Å². The van der Waals surface area contributed by atoms with E-state index >= 15 is 0 Å². The summed E-state index contributed by atoms with van der Waals surface area (Å²) in [5, 5.41) is 0. The number of amides is 2. The van der Waals surface area contributed by atoms with Crippen molar-refractivity contribution in [2.24, 2.45) is 0 Å². The zero-order valence-electron chi connectivity index (χ0n) is 15.7. The molecule has 4 heteroatoms. The first kappa shape index (κ1) is 17.7. The predicted octanol–water partition coefficient (Wildman–Crippen LogP) is 4.73. The minimum atomic E-state index is -0.338. The van der Waals surface area contributed by atoms with Gasteiger partial charge in [0, 0.05) is 11.1 Å². The predicted molar refractivity (Wildman–Crippen MR) is 110 cm³/mol. The van der Waals surface area contributed by atoms with E-state index in [4.69, 9.17) is 4.74 Å². The fourth-order valence-corrected chi connectivity index (χ4v) is 3.32.